The van der Waals surface area contributed by atoms with Gasteiger partial charge < -0.3 is 29.0 Å². The lowest BCUT2D eigenvalue weighted by Gasteiger charge is -2.41. The van der Waals surface area contributed by atoms with Crippen LogP contribution in [0.3, 0.4) is 0 Å². The molecule has 1 aromatic heterocycles. The molecule has 2 fully saturated rings. The Morgan fingerprint density at radius 1 is 1.17 bits per heavy atom. The van der Waals surface area contributed by atoms with Crippen LogP contribution in [0, 0.1) is 13.5 Å². The largest absolute Gasteiger partial charge is 0.456 e. The van der Waals surface area contributed by atoms with E-state index in [-0.39, 0.29) is 24.6 Å². The van der Waals surface area contributed by atoms with Crippen LogP contribution in [0.25, 0.3) is 15.6 Å². The summed E-state index contributed by atoms with van der Waals surface area (Å²) in [4.78, 5) is 35.2. The Balaban J connectivity index is 1.35. The summed E-state index contributed by atoms with van der Waals surface area (Å²) in [5, 5.41) is 2.50. The highest BCUT2D eigenvalue weighted by atomic mass is 16.5. The Kier molecular flexibility index (Phi) is 9.71. The molecular weight excluding hydrogens is 578 g/mol. The van der Waals surface area contributed by atoms with Gasteiger partial charge in [-0.1, -0.05) is 43.3 Å². The zero-order valence-electron chi connectivity index (χ0n) is 27.3. The first kappa shape index (κ1) is 31.8. The normalized spacial score (nSPS) is 19.0. The van der Waals surface area contributed by atoms with Crippen molar-refractivity contribution in [3.05, 3.63) is 77.3 Å². The number of ether oxygens (including phenoxy) is 2. The van der Waals surface area contributed by atoms with Crippen LogP contribution in [0.1, 0.15) is 36.1 Å². The van der Waals surface area contributed by atoms with Crippen molar-refractivity contribution in [2.24, 2.45) is 0 Å². The van der Waals surface area contributed by atoms with Gasteiger partial charge in [0.2, 0.25) is 12.5 Å². The summed E-state index contributed by atoms with van der Waals surface area (Å²) in [6.45, 7) is 17.9. The van der Waals surface area contributed by atoms with Crippen molar-refractivity contribution >= 4 is 28.2 Å². The number of hydrogen-bond acceptors (Lipinski definition) is 8. The first-order chi connectivity index (χ1) is 22.4. The average molecular weight is 624 g/mol. The molecule has 242 valence electrons. The fourth-order valence-corrected chi connectivity index (χ4v) is 7.15. The predicted octanol–water partition coefficient (Wildman–Crippen LogP) is 4.50. The first-order valence-electron chi connectivity index (χ1n) is 16.4. The Hall–Kier alpha value is -4.20. The number of likely N-dealkylation sites (N-methyl/N-ethyl adjacent to an activating group) is 1. The standard InChI is InChI=1S/C36H45N7O3/c1-6-33(44)43-19-18-42(21-28(43)20-37-3)35-30-16-17-41(32-15-8-12-26-11-7-10-25(2)34(26)32)23-31(30)38-36(39-35)46-29(24-45-5)22-40(4)27-13-9-14-27/h6-8,10-12,15,27-29H,1,9,13-14,16-24H2,2,4-5H3/t28-,29-/m0/s1. The van der Waals surface area contributed by atoms with Gasteiger partial charge >= 0.3 is 6.01 Å². The van der Waals surface area contributed by atoms with E-state index in [0.717, 1.165) is 36.6 Å². The zero-order valence-corrected chi connectivity index (χ0v) is 27.3. The van der Waals surface area contributed by atoms with E-state index in [2.05, 4.69) is 76.5 Å². The summed E-state index contributed by atoms with van der Waals surface area (Å²) in [7, 11) is 3.85. The van der Waals surface area contributed by atoms with Crippen LogP contribution in [-0.2, 0) is 22.5 Å². The monoisotopic (exact) mass is 623 g/mol. The summed E-state index contributed by atoms with van der Waals surface area (Å²) in [5.41, 5.74) is 4.52. The average Bonchev–Trinajstić information content (AvgIpc) is 3.03. The van der Waals surface area contributed by atoms with E-state index < -0.39 is 0 Å². The van der Waals surface area contributed by atoms with Gasteiger partial charge in [0.25, 0.3) is 0 Å². The van der Waals surface area contributed by atoms with Crippen LogP contribution < -0.4 is 14.5 Å². The lowest BCUT2D eigenvalue weighted by atomic mass is 9.92. The Labute approximate surface area is 272 Å². The molecule has 46 heavy (non-hydrogen) atoms. The molecular formula is C36H45N7O3. The van der Waals surface area contributed by atoms with Crippen LogP contribution in [-0.4, -0.2) is 104 Å². The highest BCUT2D eigenvalue weighted by molar-refractivity contribution is 5.97. The molecule has 1 saturated heterocycles. The van der Waals surface area contributed by atoms with Crippen LogP contribution in [0.2, 0.25) is 0 Å². The van der Waals surface area contributed by atoms with E-state index in [4.69, 9.17) is 26.0 Å². The van der Waals surface area contributed by atoms with E-state index in [1.54, 1.807) is 12.0 Å². The minimum atomic E-state index is -0.247. The molecule has 1 aliphatic carbocycles. The maximum Gasteiger partial charge on any atom is 0.319 e. The minimum Gasteiger partial charge on any atom is -0.456 e. The summed E-state index contributed by atoms with van der Waals surface area (Å²) in [6.07, 6.45) is 5.59. The highest BCUT2D eigenvalue weighted by Crippen LogP contribution is 2.36. The number of piperazine rings is 1. The second-order valence-electron chi connectivity index (χ2n) is 12.8. The number of aryl methyl sites for hydroxylation is 1. The Morgan fingerprint density at radius 3 is 2.70 bits per heavy atom. The summed E-state index contributed by atoms with van der Waals surface area (Å²) in [5.74, 6) is 0.707. The molecule has 3 aromatic rings. The lowest BCUT2D eigenvalue weighted by Crippen LogP contribution is -2.56. The van der Waals surface area contributed by atoms with Gasteiger partial charge in [0, 0.05) is 62.5 Å². The number of anilines is 2. The van der Waals surface area contributed by atoms with Crippen LogP contribution in [0.15, 0.2) is 49.1 Å². The molecule has 10 heteroatoms. The number of aromatic nitrogens is 2. The van der Waals surface area contributed by atoms with E-state index in [1.807, 2.05) is 0 Å². The van der Waals surface area contributed by atoms with Crippen molar-refractivity contribution in [1.82, 2.24) is 19.8 Å². The number of nitrogens with zero attached hydrogens (tertiary/aromatic N) is 7. The second kappa shape index (κ2) is 14.1. The third-order valence-corrected chi connectivity index (χ3v) is 9.81. The van der Waals surface area contributed by atoms with Gasteiger partial charge in [0.05, 0.1) is 18.8 Å². The third kappa shape index (κ3) is 6.53. The van der Waals surface area contributed by atoms with Crippen LogP contribution in [0.4, 0.5) is 11.5 Å². The molecule has 2 aromatic carbocycles. The lowest BCUT2D eigenvalue weighted by molar-refractivity contribution is -0.128. The fraction of sp³-hybridized carbons (Fsp3) is 0.500. The number of fused-ring (bicyclic) bond motifs is 2. The van der Waals surface area contributed by atoms with Crippen molar-refractivity contribution in [3.63, 3.8) is 0 Å². The minimum absolute atomic E-state index is 0.138. The number of benzene rings is 2. The van der Waals surface area contributed by atoms with Crippen molar-refractivity contribution in [2.75, 3.05) is 69.8 Å². The number of hydrogen-bond donors (Lipinski definition) is 0. The van der Waals surface area contributed by atoms with E-state index in [1.165, 1.54) is 47.4 Å². The predicted molar refractivity (Wildman–Crippen MR) is 181 cm³/mol. The van der Waals surface area contributed by atoms with E-state index in [0.29, 0.717) is 44.8 Å². The molecule has 3 aliphatic rings. The van der Waals surface area contributed by atoms with Crippen molar-refractivity contribution in [2.45, 2.75) is 57.3 Å². The van der Waals surface area contributed by atoms with Gasteiger partial charge in [-0.2, -0.15) is 9.97 Å². The molecule has 2 atom stereocenters. The molecule has 6 rings (SSSR count). The Bertz CT molecular complexity index is 1610. The number of carbonyl (C=O) groups is 1. The fourth-order valence-electron chi connectivity index (χ4n) is 7.15. The van der Waals surface area contributed by atoms with Gasteiger partial charge in [0.15, 0.2) is 0 Å². The Morgan fingerprint density at radius 2 is 1.98 bits per heavy atom. The maximum absolute atomic E-state index is 12.6. The number of carbonyl (C=O) groups excluding carboxylic acids is 1. The number of methoxy groups -OCH3 is 1. The molecule has 1 amide bonds. The molecule has 0 radical (unpaired) electrons. The van der Waals surface area contributed by atoms with Crippen LogP contribution >= 0.6 is 0 Å². The number of rotatable bonds is 11. The molecule has 3 heterocycles. The molecule has 1 saturated carbocycles. The molecule has 0 unspecified atom stereocenters. The molecule has 2 aliphatic heterocycles. The third-order valence-electron chi connectivity index (χ3n) is 9.81. The molecule has 10 nitrogen and oxygen atoms in total. The van der Waals surface area contributed by atoms with Crippen LogP contribution in [0.5, 0.6) is 6.01 Å². The topological polar surface area (TPSA) is 78.6 Å². The van der Waals surface area contributed by atoms with Gasteiger partial charge in [0.1, 0.15) is 18.0 Å². The quantitative estimate of drug-likeness (QED) is 0.228. The van der Waals surface area contributed by atoms with E-state index >= 15 is 0 Å². The molecule has 0 bridgehead atoms. The van der Waals surface area contributed by atoms with Gasteiger partial charge in [-0.3, -0.25) is 9.69 Å². The van der Waals surface area contributed by atoms with E-state index in [9.17, 15) is 4.79 Å². The number of amides is 1. The summed E-state index contributed by atoms with van der Waals surface area (Å²) >= 11 is 0. The zero-order chi connectivity index (χ0) is 32.2. The van der Waals surface area contributed by atoms with Gasteiger partial charge in [-0.25, -0.2) is 6.57 Å². The SMILES string of the molecule is [C-]#[N+]C[C@H]1CN(c2nc(O[C@H](COC)CN(C)C3CCC3)nc3c2CCN(c2cccc4cccc(C)c24)C3)CCN1C(=O)C=C. The molecule has 0 spiro atoms. The molecule has 0 N–H and O–H groups in total. The van der Waals surface area contributed by atoms with Crippen molar-refractivity contribution < 1.29 is 14.3 Å². The first-order valence-corrected chi connectivity index (χ1v) is 16.4. The second-order valence-corrected chi connectivity index (χ2v) is 12.8. The van der Waals surface area contributed by atoms with Crippen molar-refractivity contribution in [1.29, 1.82) is 0 Å². The highest BCUT2D eigenvalue weighted by Gasteiger charge is 2.35. The smallest absolute Gasteiger partial charge is 0.319 e. The van der Waals surface area contributed by atoms with Gasteiger partial charge in [-0.15, -0.1) is 0 Å². The summed E-state index contributed by atoms with van der Waals surface area (Å²) in [6, 6.07) is 13.6. The van der Waals surface area contributed by atoms with Crippen molar-refractivity contribution in [3.8, 4) is 6.01 Å². The summed E-state index contributed by atoms with van der Waals surface area (Å²) < 4.78 is 12.1. The maximum atomic E-state index is 12.6. The van der Waals surface area contributed by atoms with Gasteiger partial charge in [-0.05, 0) is 56.3 Å².